The quantitative estimate of drug-likeness (QED) is 0.628. The van der Waals surface area contributed by atoms with Crippen molar-refractivity contribution in [2.45, 2.75) is 51.7 Å². The largest absolute Gasteiger partial charge is 0.459 e. The summed E-state index contributed by atoms with van der Waals surface area (Å²) < 4.78 is 33.3. The maximum absolute atomic E-state index is 14.4. The highest BCUT2D eigenvalue weighted by Gasteiger charge is 2.44. The van der Waals surface area contributed by atoms with Crippen LogP contribution in [0.2, 0.25) is 0 Å². The minimum Gasteiger partial charge on any atom is -0.459 e. The molecule has 1 aromatic rings. The van der Waals surface area contributed by atoms with Gasteiger partial charge in [-0.1, -0.05) is 13.8 Å². The number of carbonyl (C=O) groups excluding carboxylic acids is 1. The zero-order chi connectivity index (χ0) is 15.9. The van der Waals surface area contributed by atoms with Crippen molar-refractivity contribution >= 4 is 27.6 Å². The highest BCUT2D eigenvalue weighted by molar-refractivity contribution is 9.10. The van der Waals surface area contributed by atoms with Crippen LogP contribution in [0.15, 0.2) is 10.5 Å². The molecular weight excluding hydrogens is 344 g/mol. The minimum absolute atomic E-state index is 0.199. The lowest BCUT2D eigenvalue weighted by molar-refractivity contribution is -0.152. The van der Waals surface area contributed by atoms with E-state index < -0.39 is 23.3 Å². The van der Waals surface area contributed by atoms with Crippen LogP contribution in [0.3, 0.4) is 0 Å². The second-order valence-electron chi connectivity index (χ2n) is 5.85. The van der Waals surface area contributed by atoms with Gasteiger partial charge in [-0.25, -0.2) is 8.78 Å². The molecule has 0 radical (unpaired) electrons. The summed E-state index contributed by atoms with van der Waals surface area (Å²) in [7, 11) is 0. The molecule has 0 unspecified atom stereocenters. The van der Waals surface area contributed by atoms with Crippen molar-refractivity contribution < 1.29 is 18.3 Å². The fourth-order valence-corrected chi connectivity index (χ4v) is 3.15. The van der Waals surface area contributed by atoms with Crippen LogP contribution >= 0.6 is 15.9 Å². The van der Waals surface area contributed by atoms with Crippen molar-refractivity contribution in [1.82, 2.24) is 0 Å². The molecule has 0 bridgehead atoms. The molecule has 3 nitrogen and oxygen atoms in total. The molecule has 21 heavy (non-hydrogen) atoms. The number of fused-ring (bicyclic) bond motifs is 1. The third kappa shape index (κ3) is 2.78. The van der Waals surface area contributed by atoms with Gasteiger partial charge < -0.3 is 10.1 Å². The summed E-state index contributed by atoms with van der Waals surface area (Å²) in [6.45, 7) is 7.18. The van der Waals surface area contributed by atoms with Gasteiger partial charge in [0.15, 0.2) is 0 Å². The predicted octanol–water partition coefficient (Wildman–Crippen LogP) is 4.36. The Morgan fingerprint density at radius 3 is 2.67 bits per heavy atom. The van der Waals surface area contributed by atoms with Gasteiger partial charge in [-0.05, 0) is 35.8 Å². The van der Waals surface area contributed by atoms with Crippen LogP contribution in [0.4, 0.5) is 14.5 Å². The maximum Gasteiger partial charge on any atom is 0.305 e. The van der Waals surface area contributed by atoms with E-state index in [9.17, 15) is 13.6 Å². The number of nitrogens with one attached hydrogen (secondary N) is 1. The number of esters is 1. The zero-order valence-electron chi connectivity index (χ0n) is 12.4. The second kappa shape index (κ2) is 5.55. The van der Waals surface area contributed by atoms with Crippen LogP contribution < -0.4 is 5.32 Å². The number of hydrogen-bond acceptors (Lipinski definition) is 3. The molecule has 0 fully saturated rings. The third-order valence-corrected chi connectivity index (χ3v) is 4.55. The van der Waals surface area contributed by atoms with Crippen LogP contribution in [0.1, 0.15) is 45.6 Å². The van der Waals surface area contributed by atoms with Gasteiger partial charge in [-0.15, -0.1) is 0 Å². The Morgan fingerprint density at radius 1 is 1.48 bits per heavy atom. The molecule has 0 aliphatic carbocycles. The van der Waals surface area contributed by atoms with Crippen molar-refractivity contribution in [3.8, 4) is 0 Å². The summed E-state index contributed by atoms with van der Waals surface area (Å²) >= 11 is 2.91. The molecule has 2 rings (SSSR count). The van der Waals surface area contributed by atoms with Crippen LogP contribution in [0.25, 0.3) is 0 Å². The normalized spacial score (nSPS) is 23.2. The first-order chi connectivity index (χ1) is 9.69. The molecule has 6 heteroatoms. The summed E-state index contributed by atoms with van der Waals surface area (Å²) in [5.41, 5.74) is 0.107. The maximum atomic E-state index is 14.4. The summed E-state index contributed by atoms with van der Waals surface area (Å²) in [4.78, 5) is 11.6. The van der Waals surface area contributed by atoms with E-state index in [1.165, 1.54) is 6.07 Å². The van der Waals surface area contributed by atoms with Crippen molar-refractivity contribution in [3.05, 3.63) is 27.7 Å². The highest BCUT2D eigenvalue weighted by Crippen LogP contribution is 2.44. The van der Waals surface area contributed by atoms with E-state index in [2.05, 4.69) is 21.2 Å². The Balaban J connectivity index is 2.51. The molecule has 0 aromatic heterocycles. The molecular formula is C15H18BrF2NO2. The Hall–Kier alpha value is -1.17. The number of hydrogen-bond donors (Lipinski definition) is 1. The number of carbonyl (C=O) groups is 1. The Morgan fingerprint density at radius 2 is 2.10 bits per heavy atom. The number of halogens is 3. The van der Waals surface area contributed by atoms with E-state index in [0.717, 1.165) is 0 Å². The Kier molecular flexibility index (Phi) is 4.29. The molecule has 116 valence electrons. The van der Waals surface area contributed by atoms with Gasteiger partial charge in [0, 0.05) is 23.6 Å². The smallest absolute Gasteiger partial charge is 0.305 e. The van der Waals surface area contributed by atoms with Crippen LogP contribution in [-0.2, 0) is 9.53 Å². The number of rotatable bonds is 2. The SMILES string of the molecule is CCC(=O)O[C@H]1[C@H](C)c2c(cc(F)c(Br)c2F)NC1(C)C. The standard InChI is InChI=1S/C15H18BrF2NO2/c1-5-10(20)21-14-7(2)11-9(19-15(14,3)4)6-8(17)12(16)13(11)18/h6-7,14,19H,5H2,1-4H3/t7-,14+/m1/s1. The molecule has 0 spiro atoms. The molecule has 0 saturated heterocycles. The molecule has 1 aliphatic heterocycles. The van der Waals surface area contributed by atoms with E-state index in [1.54, 1.807) is 13.8 Å². The summed E-state index contributed by atoms with van der Waals surface area (Å²) in [6.07, 6.45) is -0.286. The van der Waals surface area contributed by atoms with Crippen LogP contribution in [0, 0.1) is 11.6 Å². The monoisotopic (exact) mass is 361 g/mol. The molecule has 1 aromatic carbocycles. The number of anilines is 1. The molecule has 1 aliphatic rings. The van der Waals surface area contributed by atoms with E-state index in [1.807, 2.05) is 13.8 Å². The first-order valence-corrected chi connectivity index (χ1v) is 7.63. The number of ether oxygens (including phenoxy) is 1. The van der Waals surface area contributed by atoms with E-state index in [4.69, 9.17) is 4.74 Å². The fraction of sp³-hybridized carbons (Fsp3) is 0.533. The molecule has 0 amide bonds. The first kappa shape index (κ1) is 16.2. The van der Waals surface area contributed by atoms with Gasteiger partial charge in [0.2, 0.25) is 0 Å². The van der Waals surface area contributed by atoms with Gasteiger partial charge in [0.05, 0.1) is 10.0 Å². The average molecular weight is 362 g/mol. The topological polar surface area (TPSA) is 38.3 Å². The van der Waals surface area contributed by atoms with Gasteiger partial charge in [0.1, 0.15) is 17.7 Å². The van der Waals surface area contributed by atoms with Gasteiger partial charge in [0.25, 0.3) is 0 Å². The van der Waals surface area contributed by atoms with Crippen molar-refractivity contribution in [2.75, 3.05) is 5.32 Å². The molecule has 2 atom stereocenters. The molecule has 0 saturated carbocycles. The van der Waals surface area contributed by atoms with Gasteiger partial charge >= 0.3 is 5.97 Å². The van der Waals surface area contributed by atoms with Gasteiger partial charge in [-0.2, -0.15) is 0 Å². The highest BCUT2D eigenvalue weighted by atomic mass is 79.9. The lowest BCUT2D eigenvalue weighted by atomic mass is 9.78. The van der Waals surface area contributed by atoms with Gasteiger partial charge in [-0.3, -0.25) is 4.79 Å². The second-order valence-corrected chi connectivity index (χ2v) is 6.64. The number of benzene rings is 1. The van der Waals surface area contributed by atoms with Crippen molar-refractivity contribution in [3.63, 3.8) is 0 Å². The summed E-state index contributed by atoms with van der Waals surface area (Å²) in [5.74, 6) is -2.04. The predicted molar refractivity (Wildman–Crippen MR) is 80.3 cm³/mol. The van der Waals surface area contributed by atoms with Crippen LogP contribution in [-0.4, -0.2) is 17.6 Å². The molecule has 1 N–H and O–H groups in total. The summed E-state index contributed by atoms with van der Waals surface area (Å²) in [5, 5.41) is 3.08. The first-order valence-electron chi connectivity index (χ1n) is 6.84. The average Bonchev–Trinajstić information content (AvgIpc) is 2.39. The van der Waals surface area contributed by atoms with E-state index >= 15 is 0 Å². The third-order valence-electron chi connectivity index (χ3n) is 3.82. The minimum atomic E-state index is -0.661. The Bertz CT molecular complexity index is 590. The Labute approximate surface area is 131 Å². The van der Waals surface area contributed by atoms with E-state index in [0.29, 0.717) is 11.3 Å². The zero-order valence-corrected chi connectivity index (χ0v) is 14.0. The fourth-order valence-electron chi connectivity index (χ4n) is 2.83. The lowest BCUT2D eigenvalue weighted by Gasteiger charge is -2.44. The van der Waals surface area contributed by atoms with Crippen LogP contribution in [0.5, 0.6) is 0 Å². The molecule has 1 heterocycles. The lowest BCUT2D eigenvalue weighted by Crippen LogP contribution is -2.52. The van der Waals surface area contributed by atoms with E-state index in [-0.39, 0.29) is 22.8 Å². The van der Waals surface area contributed by atoms with Crippen molar-refractivity contribution in [1.29, 1.82) is 0 Å². The summed E-state index contributed by atoms with van der Waals surface area (Å²) in [6, 6.07) is 1.26. The van der Waals surface area contributed by atoms with Crippen molar-refractivity contribution in [2.24, 2.45) is 0 Å².